The molecule has 8 atom stereocenters. The highest BCUT2D eigenvalue weighted by Gasteiger charge is 2.45. The zero-order valence-corrected chi connectivity index (χ0v) is 27.4. The van der Waals surface area contributed by atoms with Crippen molar-refractivity contribution in [2.45, 2.75) is 95.8 Å². The summed E-state index contributed by atoms with van der Waals surface area (Å²) in [5.41, 5.74) is 2.47. The number of amides is 2. The zero-order valence-electron chi connectivity index (χ0n) is 27.4. The Morgan fingerprint density at radius 2 is 1.74 bits per heavy atom. The van der Waals surface area contributed by atoms with Gasteiger partial charge in [-0.1, -0.05) is 39.0 Å². The standard InChI is InChI=1S/C35H45F2N3O7/c1-18(38-5)32(44)39-31(35(2,3)4)33(45)40-14-6-7-22(40)16-24-23-13-12-21(37)15-25(23)30(27(24)19-8-10-20(36)11-9-19)47-34-29(43)28(42)26(41)17-46-34/h8-13,15,18,22,26,28-31,34,38,41-43H,6-7,14,16-17H2,1-5H3,(H,39,44)/t18-,22+,26+,28-,29+,30?,31+,34+/m0/s1. The molecule has 1 aliphatic carbocycles. The van der Waals surface area contributed by atoms with E-state index in [4.69, 9.17) is 9.47 Å². The van der Waals surface area contributed by atoms with Crippen molar-refractivity contribution in [3.05, 3.63) is 70.8 Å². The summed E-state index contributed by atoms with van der Waals surface area (Å²) in [6.45, 7) is 7.64. The number of nitrogens with zero attached hydrogens (tertiary/aromatic N) is 1. The van der Waals surface area contributed by atoms with Crippen LogP contribution in [0.5, 0.6) is 0 Å². The van der Waals surface area contributed by atoms with Gasteiger partial charge in [0.2, 0.25) is 11.8 Å². The normalized spacial score (nSPS) is 27.5. The van der Waals surface area contributed by atoms with Crippen molar-refractivity contribution < 1.29 is 43.2 Å². The number of halogens is 2. The van der Waals surface area contributed by atoms with Gasteiger partial charge in [0.05, 0.1) is 12.6 Å². The molecule has 12 heteroatoms. The Morgan fingerprint density at radius 1 is 1.06 bits per heavy atom. The number of ether oxygens (including phenoxy) is 2. The molecule has 2 amide bonds. The summed E-state index contributed by atoms with van der Waals surface area (Å²) in [7, 11) is 1.68. The Bertz CT molecular complexity index is 1490. The molecule has 5 N–H and O–H groups in total. The molecule has 3 aliphatic rings. The van der Waals surface area contributed by atoms with E-state index in [0.717, 1.165) is 12.0 Å². The summed E-state index contributed by atoms with van der Waals surface area (Å²) in [4.78, 5) is 28.9. The van der Waals surface area contributed by atoms with Gasteiger partial charge >= 0.3 is 0 Å². The largest absolute Gasteiger partial charge is 0.388 e. The third-order valence-corrected chi connectivity index (χ3v) is 9.41. The van der Waals surface area contributed by atoms with E-state index >= 15 is 0 Å². The second-order valence-electron chi connectivity index (χ2n) is 13.7. The average Bonchev–Trinajstić information content (AvgIpc) is 3.61. The van der Waals surface area contributed by atoms with Crippen molar-refractivity contribution in [2.24, 2.45) is 5.41 Å². The molecule has 0 spiro atoms. The molecule has 0 radical (unpaired) electrons. The van der Waals surface area contributed by atoms with Crippen molar-refractivity contribution in [1.82, 2.24) is 15.5 Å². The van der Waals surface area contributed by atoms with Crippen LogP contribution < -0.4 is 10.6 Å². The smallest absolute Gasteiger partial charge is 0.245 e. The highest BCUT2D eigenvalue weighted by molar-refractivity contribution is 5.99. The Kier molecular flexibility index (Phi) is 10.5. The fraction of sp³-hybridized carbons (Fsp3) is 0.543. The number of aliphatic hydroxyl groups excluding tert-OH is 3. The highest BCUT2D eigenvalue weighted by atomic mass is 19.1. The molecule has 2 aliphatic heterocycles. The number of nitrogens with one attached hydrogen (secondary N) is 2. The van der Waals surface area contributed by atoms with Crippen LogP contribution in [-0.2, 0) is 19.1 Å². The van der Waals surface area contributed by atoms with E-state index in [-0.39, 0.29) is 24.5 Å². The van der Waals surface area contributed by atoms with Crippen LogP contribution in [0.2, 0.25) is 0 Å². The van der Waals surface area contributed by atoms with Crippen LogP contribution in [0.3, 0.4) is 0 Å². The predicted octanol–water partition coefficient (Wildman–Crippen LogP) is 2.91. The molecular formula is C35H45F2N3O7. The van der Waals surface area contributed by atoms with Crippen LogP contribution in [0.4, 0.5) is 8.78 Å². The van der Waals surface area contributed by atoms with Gasteiger partial charge in [-0.3, -0.25) is 9.59 Å². The van der Waals surface area contributed by atoms with Crippen molar-refractivity contribution in [2.75, 3.05) is 20.2 Å². The molecule has 256 valence electrons. The number of carbonyl (C=O) groups excluding carboxylic acids is 2. The summed E-state index contributed by atoms with van der Waals surface area (Å²) in [6, 6.07) is 8.55. The number of hydrogen-bond donors (Lipinski definition) is 5. The first-order valence-electron chi connectivity index (χ1n) is 16.1. The Hall–Kier alpha value is -3.26. The minimum atomic E-state index is -1.59. The molecule has 0 saturated carbocycles. The Labute approximate surface area is 273 Å². The van der Waals surface area contributed by atoms with Crippen LogP contribution >= 0.6 is 0 Å². The fourth-order valence-electron chi connectivity index (χ4n) is 6.62. The van der Waals surface area contributed by atoms with Gasteiger partial charge in [0, 0.05) is 12.6 Å². The second kappa shape index (κ2) is 14.1. The topological polar surface area (TPSA) is 141 Å². The first-order chi connectivity index (χ1) is 22.2. The molecule has 1 unspecified atom stereocenters. The van der Waals surface area contributed by atoms with Gasteiger partial charge in [-0.05, 0) is 90.8 Å². The average molecular weight is 658 g/mol. The van der Waals surface area contributed by atoms with Gasteiger partial charge in [0.15, 0.2) is 6.29 Å². The van der Waals surface area contributed by atoms with Crippen LogP contribution in [0.15, 0.2) is 42.5 Å². The molecule has 2 aromatic rings. The number of hydrogen-bond acceptors (Lipinski definition) is 8. The Balaban J connectivity index is 1.54. The number of fused-ring (bicyclic) bond motifs is 1. The third-order valence-electron chi connectivity index (χ3n) is 9.41. The highest BCUT2D eigenvalue weighted by Crippen LogP contribution is 2.51. The summed E-state index contributed by atoms with van der Waals surface area (Å²) in [5.74, 6) is -1.45. The molecule has 2 fully saturated rings. The van der Waals surface area contributed by atoms with E-state index < -0.39 is 59.8 Å². The van der Waals surface area contributed by atoms with Gasteiger partial charge in [0.1, 0.15) is 42.1 Å². The lowest BCUT2D eigenvalue weighted by Crippen LogP contribution is -2.58. The van der Waals surface area contributed by atoms with Crippen molar-refractivity contribution >= 4 is 23.0 Å². The van der Waals surface area contributed by atoms with E-state index in [1.165, 1.54) is 24.3 Å². The number of aliphatic hydroxyl groups is 3. The molecule has 0 aromatic heterocycles. The SMILES string of the molecule is CN[C@@H](C)C(=O)N[C@H](C(=O)N1CCC[C@@H]1CC1=C(c2ccc(F)cc2)C(O[C@H]2OC[C@@H](O)[C@H](O)[C@H]2O)c2cc(F)ccc21)C(C)(C)C. The van der Waals surface area contributed by atoms with Gasteiger partial charge in [-0.2, -0.15) is 0 Å². The lowest BCUT2D eigenvalue weighted by molar-refractivity contribution is -0.277. The number of benzene rings is 2. The van der Waals surface area contributed by atoms with E-state index in [9.17, 15) is 33.7 Å². The number of rotatable bonds is 9. The molecule has 2 saturated heterocycles. The first kappa shape index (κ1) is 35.1. The van der Waals surface area contributed by atoms with Crippen molar-refractivity contribution in [3.63, 3.8) is 0 Å². The maximum atomic E-state index is 14.8. The fourth-order valence-corrected chi connectivity index (χ4v) is 6.62. The lowest BCUT2D eigenvalue weighted by atomic mass is 9.85. The van der Waals surface area contributed by atoms with Crippen LogP contribution in [0.1, 0.15) is 69.8 Å². The van der Waals surface area contributed by atoms with Crippen molar-refractivity contribution in [3.8, 4) is 0 Å². The monoisotopic (exact) mass is 657 g/mol. The maximum Gasteiger partial charge on any atom is 0.245 e. The summed E-state index contributed by atoms with van der Waals surface area (Å²) >= 11 is 0. The number of likely N-dealkylation sites (N-methyl/N-ethyl adjacent to an activating group) is 1. The molecule has 5 rings (SSSR count). The summed E-state index contributed by atoms with van der Waals surface area (Å²) < 4.78 is 40.8. The maximum absolute atomic E-state index is 14.8. The van der Waals surface area contributed by atoms with Crippen LogP contribution in [0.25, 0.3) is 11.1 Å². The predicted molar refractivity (Wildman–Crippen MR) is 170 cm³/mol. The minimum absolute atomic E-state index is 0.197. The van der Waals surface area contributed by atoms with Crippen LogP contribution in [0, 0.1) is 17.0 Å². The molecule has 10 nitrogen and oxygen atoms in total. The molecule has 2 aromatic carbocycles. The number of carbonyl (C=O) groups is 2. The third kappa shape index (κ3) is 7.28. The minimum Gasteiger partial charge on any atom is -0.388 e. The second-order valence-corrected chi connectivity index (χ2v) is 13.7. The van der Waals surface area contributed by atoms with Gasteiger partial charge < -0.3 is 40.3 Å². The zero-order chi connectivity index (χ0) is 34.2. The molecule has 0 bridgehead atoms. The molecule has 47 heavy (non-hydrogen) atoms. The van der Waals surface area contributed by atoms with Crippen molar-refractivity contribution in [1.29, 1.82) is 0 Å². The van der Waals surface area contributed by atoms with E-state index in [0.29, 0.717) is 41.6 Å². The molecule has 2 heterocycles. The number of likely N-dealkylation sites (tertiary alicyclic amines) is 1. The van der Waals surface area contributed by atoms with Gasteiger partial charge in [0.25, 0.3) is 0 Å². The van der Waals surface area contributed by atoms with E-state index in [1.807, 2.05) is 20.8 Å². The van der Waals surface area contributed by atoms with Crippen LogP contribution in [-0.4, -0.2) is 95.0 Å². The summed E-state index contributed by atoms with van der Waals surface area (Å²) in [5, 5.41) is 36.9. The quantitative estimate of drug-likeness (QED) is 0.278. The first-order valence-corrected chi connectivity index (χ1v) is 16.1. The lowest BCUT2D eigenvalue weighted by Gasteiger charge is -2.37. The van der Waals surface area contributed by atoms with E-state index in [1.54, 1.807) is 37.1 Å². The molecular weight excluding hydrogens is 612 g/mol. The summed E-state index contributed by atoms with van der Waals surface area (Å²) in [6.07, 6.45) is -4.99. The Morgan fingerprint density at radius 3 is 2.40 bits per heavy atom. The van der Waals surface area contributed by atoms with E-state index in [2.05, 4.69) is 10.6 Å². The van der Waals surface area contributed by atoms with Gasteiger partial charge in [-0.25, -0.2) is 8.78 Å². The van der Waals surface area contributed by atoms with Gasteiger partial charge in [-0.15, -0.1) is 0 Å².